The van der Waals surface area contributed by atoms with Gasteiger partial charge in [-0.15, -0.1) is 0 Å². The van der Waals surface area contributed by atoms with E-state index in [0.29, 0.717) is 30.1 Å². The van der Waals surface area contributed by atoms with Crippen LogP contribution in [0.1, 0.15) is 39.5 Å². The zero-order chi connectivity index (χ0) is 15.0. The van der Waals surface area contributed by atoms with Crippen LogP contribution in [0.25, 0.3) is 0 Å². The lowest BCUT2D eigenvalue weighted by molar-refractivity contribution is -0.136. The monoisotopic (exact) mass is 290 g/mol. The van der Waals surface area contributed by atoms with Crippen molar-refractivity contribution >= 4 is 5.78 Å². The fourth-order valence-corrected chi connectivity index (χ4v) is 4.70. The third-order valence-electron chi connectivity index (χ3n) is 5.95. The second-order valence-corrected chi connectivity index (χ2v) is 7.42. The highest BCUT2D eigenvalue weighted by atomic mass is 16.6. The Morgan fingerprint density at radius 1 is 1.48 bits per heavy atom. The molecule has 4 heteroatoms. The van der Waals surface area contributed by atoms with Crippen molar-refractivity contribution < 1.29 is 19.4 Å². The summed E-state index contributed by atoms with van der Waals surface area (Å²) in [6.07, 6.45) is 2.82. The third-order valence-corrected chi connectivity index (χ3v) is 5.95. The lowest BCUT2D eigenvalue weighted by atomic mass is 9.72. The molecule has 4 rings (SSSR count). The largest absolute Gasteiger partial charge is 0.488 e. The first-order valence-corrected chi connectivity index (χ1v) is 7.80. The van der Waals surface area contributed by atoms with Crippen LogP contribution >= 0.6 is 0 Å². The molecule has 1 N–H and O–H groups in total. The molecule has 4 nitrogen and oxygen atoms in total. The van der Waals surface area contributed by atoms with Crippen molar-refractivity contribution in [3.63, 3.8) is 0 Å². The highest BCUT2D eigenvalue weighted by Gasteiger charge is 2.59. The molecule has 1 saturated carbocycles. The molecule has 0 aromatic carbocycles. The highest BCUT2D eigenvalue weighted by molar-refractivity contribution is 6.04. The normalized spacial score (nSPS) is 48.0. The van der Waals surface area contributed by atoms with Crippen LogP contribution in [0.2, 0.25) is 0 Å². The quantitative estimate of drug-likeness (QED) is 0.752. The molecule has 2 fully saturated rings. The van der Waals surface area contributed by atoms with E-state index in [4.69, 9.17) is 9.47 Å². The summed E-state index contributed by atoms with van der Waals surface area (Å²) >= 11 is 0. The summed E-state index contributed by atoms with van der Waals surface area (Å²) in [5, 5.41) is 10.4. The Morgan fingerprint density at radius 3 is 2.95 bits per heavy atom. The molecule has 114 valence electrons. The molecular weight excluding hydrogens is 268 g/mol. The Hall–Kier alpha value is -1.13. The van der Waals surface area contributed by atoms with E-state index < -0.39 is 5.60 Å². The zero-order valence-corrected chi connectivity index (χ0v) is 12.6. The number of allylic oxidation sites excluding steroid dienone is 1. The summed E-state index contributed by atoms with van der Waals surface area (Å²) in [6, 6.07) is 0. The number of aliphatic hydroxyl groups is 1. The molecule has 2 aliphatic heterocycles. The summed E-state index contributed by atoms with van der Waals surface area (Å²) < 4.78 is 11.9. The van der Waals surface area contributed by atoms with E-state index >= 15 is 0 Å². The minimum atomic E-state index is -1.32. The van der Waals surface area contributed by atoms with Gasteiger partial charge >= 0.3 is 0 Å². The van der Waals surface area contributed by atoms with Crippen LogP contribution in [0, 0.1) is 11.8 Å². The van der Waals surface area contributed by atoms with Gasteiger partial charge in [0.1, 0.15) is 17.5 Å². The second-order valence-electron chi connectivity index (χ2n) is 7.42. The predicted octanol–water partition coefficient (Wildman–Crippen LogP) is 2.12. The topological polar surface area (TPSA) is 55.8 Å². The first-order chi connectivity index (χ1) is 9.84. The Kier molecular flexibility index (Phi) is 2.57. The molecule has 0 radical (unpaired) electrons. The lowest BCUT2D eigenvalue weighted by Crippen LogP contribution is -2.49. The summed E-state index contributed by atoms with van der Waals surface area (Å²) in [4.78, 5) is 12.6. The molecule has 2 heterocycles. The molecule has 2 aliphatic carbocycles. The first-order valence-electron chi connectivity index (χ1n) is 7.80. The van der Waals surface area contributed by atoms with E-state index in [9.17, 15) is 9.90 Å². The highest BCUT2D eigenvalue weighted by Crippen LogP contribution is 2.55. The van der Waals surface area contributed by atoms with Gasteiger partial charge in [-0.3, -0.25) is 4.79 Å². The van der Waals surface area contributed by atoms with E-state index in [1.807, 2.05) is 0 Å². The number of carbonyl (C=O) groups is 1. The number of ether oxygens (including phenoxy) is 2. The van der Waals surface area contributed by atoms with E-state index in [2.05, 4.69) is 20.4 Å². The van der Waals surface area contributed by atoms with Gasteiger partial charge in [0.25, 0.3) is 0 Å². The van der Waals surface area contributed by atoms with Gasteiger partial charge in [-0.05, 0) is 39.0 Å². The fraction of sp³-hybridized carbons (Fsp3) is 0.706. The standard InChI is InChI=1S/C17H22O4/c1-9(2)10-4-5-16(3)12(10)6-11-14(21-16)13-7-17(19,8-20-13)15(11)18/h10,12-13,19H,1,4-8H2,2-3H3/t10-,12+,13-,16-,17+/m1/s1. The number of hydrogen-bond acceptors (Lipinski definition) is 4. The van der Waals surface area contributed by atoms with E-state index in [1.165, 1.54) is 0 Å². The number of hydrogen-bond donors (Lipinski definition) is 1. The number of rotatable bonds is 1. The Morgan fingerprint density at radius 2 is 2.24 bits per heavy atom. The van der Waals surface area contributed by atoms with E-state index in [1.54, 1.807) is 0 Å². The van der Waals surface area contributed by atoms with Gasteiger partial charge in [0.2, 0.25) is 0 Å². The Balaban J connectivity index is 1.75. The molecule has 21 heavy (non-hydrogen) atoms. The maximum absolute atomic E-state index is 12.6. The fourth-order valence-electron chi connectivity index (χ4n) is 4.70. The third kappa shape index (κ3) is 1.66. The van der Waals surface area contributed by atoms with E-state index in [0.717, 1.165) is 18.4 Å². The van der Waals surface area contributed by atoms with Crippen molar-refractivity contribution in [2.75, 3.05) is 6.61 Å². The molecule has 0 unspecified atom stereocenters. The molecule has 0 spiro atoms. The number of ketones is 1. The van der Waals surface area contributed by atoms with Gasteiger partial charge in [0, 0.05) is 17.9 Å². The number of Topliss-reactive ketones (excluding diaryl/α,β-unsaturated/α-hetero) is 1. The molecular formula is C17H22O4. The average molecular weight is 290 g/mol. The van der Waals surface area contributed by atoms with Crippen LogP contribution in [0.5, 0.6) is 0 Å². The van der Waals surface area contributed by atoms with Crippen molar-refractivity contribution in [3.8, 4) is 0 Å². The van der Waals surface area contributed by atoms with Crippen LogP contribution in [-0.2, 0) is 14.3 Å². The lowest BCUT2D eigenvalue weighted by Gasteiger charge is -2.44. The van der Waals surface area contributed by atoms with Gasteiger partial charge in [-0.25, -0.2) is 0 Å². The first kappa shape index (κ1) is 13.5. The van der Waals surface area contributed by atoms with Crippen LogP contribution in [0.3, 0.4) is 0 Å². The summed E-state index contributed by atoms with van der Waals surface area (Å²) in [6.45, 7) is 8.41. The van der Waals surface area contributed by atoms with Crippen LogP contribution in [0.4, 0.5) is 0 Å². The van der Waals surface area contributed by atoms with Crippen molar-refractivity contribution in [3.05, 3.63) is 23.5 Å². The molecule has 0 aromatic rings. The van der Waals surface area contributed by atoms with Gasteiger partial charge < -0.3 is 14.6 Å². The van der Waals surface area contributed by atoms with Crippen LogP contribution in [0.15, 0.2) is 23.5 Å². The van der Waals surface area contributed by atoms with E-state index in [-0.39, 0.29) is 30.0 Å². The summed E-state index contributed by atoms with van der Waals surface area (Å²) in [5.74, 6) is 1.19. The minimum absolute atomic E-state index is 0.0954. The SMILES string of the molecule is C=C(C)[C@H]1CC[C@@]2(C)OC3=C(C[C@@H]12)C(=O)[C@@]1(O)CO[C@@H]3C1. The predicted molar refractivity (Wildman–Crippen MR) is 76.5 cm³/mol. The summed E-state index contributed by atoms with van der Waals surface area (Å²) in [5.41, 5.74) is 0.279. The van der Waals surface area contributed by atoms with Gasteiger partial charge in [-0.1, -0.05) is 12.2 Å². The van der Waals surface area contributed by atoms with Gasteiger partial charge in [0.05, 0.1) is 6.61 Å². The summed E-state index contributed by atoms with van der Waals surface area (Å²) in [7, 11) is 0. The Bertz CT molecular complexity index is 577. The molecule has 4 aliphatic rings. The molecule has 5 atom stereocenters. The molecule has 0 amide bonds. The minimum Gasteiger partial charge on any atom is -0.488 e. The van der Waals surface area contributed by atoms with Crippen LogP contribution < -0.4 is 0 Å². The van der Waals surface area contributed by atoms with Crippen molar-refractivity contribution in [2.45, 2.75) is 56.8 Å². The molecule has 2 bridgehead atoms. The molecule has 0 aromatic heterocycles. The Labute approximate surface area is 124 Å². The van der Waals surface area contributed by atoms with Crippen molar-refractivity contribution in [2.24, 2.45) is 11.8 Å². The van der Waals surface area contributed by atoms with Crippen molar-refractivity contribution in [1.29, 1.82) is 0 Å². The average Bonchev–Trinajstić information content (AvgIpc) is 2.94. The zero-order valence-electron chi connectivity index (χ0n) is 12.6. The van der Waals surface area contributed by atoms with Gasteiger partial charge in [0.15, 0.2) is 11.4 Å². The number of fused-ring (bicyclic) bond motifs is 4. The maximum atomic E-state index is 12.6. The van der Waals surface area contributed by atoms with Crippen LogP contribution in [-0.4, -0.2) is 34.8 Å². The van der Waals surface area contributed by atoms with Crippen molar-refractivity contribution in [1.82, 2.24) is 0 Å². The molecule has 1 saturated heterocycles. The smallest absolute Gasteiger partial charge is 0.196 e. The number of carbonyl (C=O) groups excluding carboxylic acids is 1. The second kappa shape index (κ2) is 3.99. The van der Waals surface area contributed by atoms with Gasteiger partial charge in [-0.2, -0.15) is 0 Å². The maximum Gasteiger partial charge on any atom is 0.196 e.